The van der Waals surface area contributed by atoms with E-state index in [0.717, 1.165) is 0 Å². The predicted octanol–water partition coefficient (Wildman–Crippen LogP) is 1.49. The van der Waals surface area contributed by atoms with Crippen LogP contribution >= 0.6 is 0 Å². The Bertz CT molecular complexity index is 354. The first-order valence-electron chi connectivity index (χ1n) is 6.22. The summed E-state index contributed by atoms with van der Waals surface area (Å²) < 4.78 is 4.89. The number of rotatable bonds is 7. The molecule has 0 spiro atoms. The number of nitrogens with one attached hydrogen (secondary N) is 2. The van der Waals surface area contributed by atoms with Gasteiger partial charge in [-0.05, 0) is 19.4 Å². The third kappa shape index (κ3) is 4.85. The molecule has 1 unspecified atom stereocenters. The third-order valence-electron chi connectivity index (χ3n) is 2.80. The van der Waals surface area contributed by atoms with Gasteiger partial charge in [0.2, 0.25) is 5.91 Å². The van der Waals surface area contributed by atoms with E-state index in [1.54, 1.807) is 7.11 Å². The molecule has 4 heteroatoms. The fourth-order valence-electron chi connectivity index (χ4n) is 1.72. The summed E-state index contributed by atoms with van der Waals surface area (Å²) in [7, 11) is 1.62. The summed E-state index contributed by atoms with van der Waals surface area (Å²) in [5, 5.41) is 6.08. The Morgan fingerprint density at radius 1 is 1.28 bits per heavy atom. The van der Waals surface area contributed by atoms with Crippen molar-refractivity contribution in [1.82, 2.24) is 10.6 Å². The molecule has 0 radical (unpaired) electrons. The number of amides is 1. The normalized spacial score (nSPS) is 13.9. The lowest BCUT2D eigenvalue weighted by atomic mass is 10.1. The monoisotopic (exact) mass is 250 g/mol. The van der Waals surface area contributed by atoms with E-state index in [1.165, 1.54) is 5.56 Å². The second-order valence-electron chi connectivity index (χ2n) is 4.30. The number of methoxy groups -OCH3 is 1. The van der Waals surface area contributed by atoms with Gasteiger partial charge in [0, 0.05) is 19.7 Å². The van der Waals surface area contributed by atoms with Crippen molar-refractivity contribution in [1.29, 1.82) is 0 Å². The van der Waals surface area contributed by atoms with Gasteiger partial charge in [0.05, 0.1) is 12.6 Å². The van der Waals surface area contributed by atoms with Crippen LogP contribution in [0.25, 0.3) is 0 Å². The Labute approximate surface area is 109 Å². The van der Waals surface area contributed by atoms with Crippen molar-refractivity contribution in [2.24, 2.45) is 0 Å². The highest BCUT2D eigenvalue weighted by Gasteiger charge is 2.15. The quantitative estimate of drug-likeness (QED) is 0.721. The van der Waals surface area contributed by atoms with Crippen LogP contribution in [0.2, 0.25) is 0 Å². The maximum Gasteiger partial charge on any atom is 0.236 e. The molecule has 0 aliphatic heterocycles. The van der Waals surface area contributed by atoms with E-state index in [0.29, 0.717) is 13.2 Å². The molecule has 0 fully saturated rings. The summed E-state index contributed by atoms with van der Waals surface area (Å²) in [6, 6.07) is 10.00. The first-order valence-corrected chi connectivity index (χ1v) is 6.22. The molecular formula is C14H22N2O2. The second-order valence-corrected chi connectivity index (χ2v) is 4.30. The number of hydrogen-bond donors (Lipinski definition) is 2. The molecule has 1 aromatic rings. The minimum absolute atomic E-state index is 0.00479. The van der Waals surface area contributed by atoms with Crippen molar-refractivity contribution < 1.29 is 9.53 Å². The molecule has 0 saturated heterocycles. The Kier molecular flexibility index (Phi) is 6.39. The van der Waals surface area contributed by atoms with Crippen LogP contribution in [-0.4, -0.2) is 32.2 Å². The smallest absolute Gasteiger partial charge is 0.236 e. The molecule has 0 heterocycles. The van der Waals surface area contributed by atoms with E-state index >= 15 is 0 Å². The minimum atomic E-state index is -0.225. The number of carbonyl (C=O) groups is 1. The van der Waals surface area contributed by atoms with E-state index in [4.69, 9.17) is 4.74 Å². The SMILES string of the molecule is COCCNC(=O)C(C)N[C@@H](C)c1ccccc1. The zero-order valence-electron chi connectivity index (χ0n) is 11.3. The molecule has 100 valence electrons. The van der Waals surface area contributed by atoms with Gasteiger partial charge in [0.25, 0.3) is 0 Å². The van der Waals surface area contributed by atoms with E-state index in [2.05, 4.69) is 10.6 Å². The summed E-state index contributed by atoms with van der Waals surface area (Å²) in [5.41, 5.74) is 1.18. The van der Waals surface area contributed by atoms with Crippen LogP contribution in [0.4, 0.5) is 0 Å². The second kappa shape index (κ2) is 7.84. The van der Waals surface area contributed by atoms with E-state index in [9.17, 15) is 4.79 Å². The number of ether oxygens (including phenoxy) is 1. The average Bonchev–Trinajstić information content (AvgIpc) is 2.39. The molecule has 4 nitrogen and oxygen atoms in total. The molecule has 1 aromatic carbocycles. The minimum Gasteiger partial charge on any atom is -0.383 e. The van der Waals surface area contributed by atoms with Crippen LogP contribution < -0.4 is 10.6 Å². The summed E-state index contributed by atoms with van der Waals surface area (Å²) >= 11 is 0. The van der Waals surface area contributed by atoms with Gasteiger partial charge in [-0.3, -0.25) is 10.1 Å². The van der Waals surface area contributed by atoms with Crippen LogP contribution in [-0.2, 0) is 9.53 Å². The van der Waals surface area contributed by atoms with Crippen molar-refractivity contribution in [3.8, 4) is 0 Å². The Balaban J connectivity index is 2.39. The van der Waals surface area contributed by atoms with Crippen molar-refractivity contribution in [2.45, 2.75) is 25.9 Å². The highest BCUT2D eigenvalue weighted by Crippen LogP contribution is 2.11. The van der Waals surface area contributed by atoms with Crippen molar-refractivity contribution in [3.63, 3.8) is 0 Å². The van der Waals surface area contributed by atoms with Gasteiger partial charge in [-0.1, -0.05) is 30.3 Å². The largest absolute Gasteiger partial charge is 0.383 e. The van der Waals surface area contributed by atoms with Gasteiger partial charge in [-0.2, -0.15) is 0 Å². The van der Waals surface area contributed by atoms with Crippen molar-refractivity contribution >= 4 is 5.91 Å². The summed E-state index contributed by atoms with van der Waals surface area (Å²) in [6.07, 6.45) is 0. The lowest BCUT2D eigenvalue weighted by molar-refractivity contribution is -0.123. The lowest BCUT2D eigenvalue weighted by Crippen LogP contribution is -2.44. The van der Waals surface area contributed by atoms with Gasteiger partial charge in [-0.15, -0.1) is 0 Å². The lowest BCUT2D eigenvalue weighted by Gasteiger charge is -2.19. The highest BCUT2D eigenvalue weighted by atomic mass is 16.5. The van der Waals surface area contributed by atoms with Gasteiger partial charge in [-0.25, -0.2) is 0 Å². The summed E-state index contributed by atoms with van der Waals surface area (Å²) in [5.74, 6) is -0.00479. The maximum atomic E-state index is 11.8. The molecule has 18 heavy (non-hydrogen) atoms. The molecule has 2 atom stereocenters. The molecule has 0 aromatic heterocycles. The van der Waals surface area contributed by atoms with Crippen molar-refractivity contribution in [3.05, 3.63) is 35.9 Å². The zero-order valence-corrected chi connectivity index (χ0v) is 11.3. The molecule has 0 aliphatic rings. The number of benzene rings is 1. The van der Waals surface area contributed by atoms with E-state index in [-0.39, 0.29) is 18.0 Å². The first-order chi connectivity index (χ1) is 8.65. The molecule has 2 N–H and O–H groups in total. The number of hydrogen-bond acceptors (Lipinski definition) is 3. The molecule has 0 aliphatic carbocycles. The topological polar surface area (TPSA) is 50.4 Å². The third-order valence-corrected chi connectivity index (χ3v) is 2.80. The molecular weight excluding hydrogens is 228 g/mol. The van der Waals surface area contributed by atoms with Gasteiger partial charge < -0.3 is 10.1 Å². The summed E-state index contributed by atoms with van der Waals surface area (Å²) in [4.78, 5) is 11.8. The van der Waals surface area contributed by atoms with Crippen LogP contribution in [0.1, 0.15) is 25.5 Å². The predicted molar refractivity (Wildman–Crippen MR) is 72.3 cm³/mol. The number of carbonyl (C=O) groups excluding carboxylic acids is 1. The standard InChI is InChI=1S/C14H22N2O2/c1-11(13-7-5-4-6-8-13)16-12(2)14(17)15-9-10-18-3/h4-8,11-12,16H,9-10H2,1-3H3,(H,15,17)/t11-,12?/m0/s1. The summed E-state index contributed by atoms with van der Waals surface area (Å²) in [6.45, 7) is 4.99. The molecule has 1 rings (SSSR count). The van der Waals surface area contributed by atoms with E-state index in [1.807, 2.05) is 44.2 Å². The Hall–Kier alpha value is -1.39. The molecule has 0 bridgehead atoms. The Morgan fingerprint density at radius 3 is 2.56 bits per heavy atom. The van der Waals surface area contributed by atoms with Crippen molar-refractivity contribution in [2.75, 3.05) is 20.3 Å². The zero-order chi connectivity index (χ0) is 13.4. The van der Waals surface area contributed by atoms with Crippen LogP contribution in [0, 0.1) is 0 Å². The highest BCUT2D eigenvalue weighted by molar-refractivity contribution is 5.81. The maximum absolute atomic E-state index is 11.8. The van der Waals surface area contributed by atoms with Gasteiger partial charge in [0.1, 0.15) is 0 Å². The van der Waals surface area contributed by atoms with Gasteiger partial charge >= 0.3 is 0 Å². The van der Waals surface area contributed by atoms with Gasteiger partial charge in [0.15, 0.2) is 0 Å². The fraction of sp³-hybridized carbons (Fsp3) is 0.500. The van der Waals surface area contributed by atoms with Crippen LogP contribution in [0.5, 0.6) is 0 Å². The average molecular weight is 250 g/mol. The molecule has 1 amide bonds. The Morgan fingerprint density at radius 2 is 1.94 bits per heavy atom. The molecule has 0 saturated carbocycles. The van der Waals surface area contributed by atoms with E-state index < -0.39 is 0 Å². The van der Waals surface area contributed by atoms with Crippen LogP contribution in [0.3, 0.4) is 0 Å². The first kappa shape index (κ1) is 14.7. The van der Waals surface area contributed by atoms with Crippen LogP contribution in [0.15, 0.2) is 30.3 Å². The fourth-order valence-corrected chi connectivity index (χ4v) is 1.72.